The van der Waals surface area contributed by atoms with E-state index in [4.69, 9.17) is 0 Å². The molecule has 0 saturated heterocycles. The van der Waals surface area contributed by atoms with E-state index in [1.807, 2.05) is 19.2 Å². The maximum absolute atomic E-state index is 12.1. The van der Waals surface area contributed by atoms with E-state index in [1.165, 1.54) is 18.5 Å². The smallest absolute Gasteiger partial charge is 0.244 e. The summed E-state index contributed by atoms with van der Waals surface area (Å²) < 4.78 is 3.71. The topological polar surface area (TPSA) is 64.7 Å². The van der Waals surface area contributed by atoms with Gasteiger partial charge in [-0.15, -0.1) is 0 Å². The van der Waals surface area contributed by atoms with Crippen molar-refractivity contribution in [3.8, 4) is 0 Å². The summed E-state index contributed by atoms with van der Waals surface area (Å²) in [4.78, 5) is 12.1. The molecule has 106 valence electrons. The summed E-state index contributed by atoms with van der Waals surface area (Å²) in [5.41, 5.74) is 2.40. The third-order valence-electron chi connectivity index (χ3n) is 3.82. The molecule has 0 radical (unpaired) electrons. The van der Waals surface area contributed by atoms with Crippen molar-refractivity contribution in [1.82, 2.24) is 24.9 Å². The van der Waals surface area contributed by atoms with E-state index in [9.17, 15) is 4.79 Å². The number of nitrogens with one attached hydrogen (secondary N) is 1. The SMILES string of the molecule is CC(C(=O)NCc1cnn2c1CCCC2)n1cccn1. The van der Waals surface area contributed by atoms with Gasteiger partial charge in [-0.2, -0.15) is 10.2 Å². The Hall–Kier alpha value is -2.11. The highest BCUT2D eigenvalue weighted by molar-refractivity contribution is 5.79. The van der Waals surface area contributed by atoms with E-state index >= 15 is 0 Å². The Morgan fingerprint density at radius 3 is 3.15 bits per heavy atom. The fourth-order valence-electron chi connectivity index (χ4n) is 2.59. The predicted octanol–water partition coefficient (Wildman–Crippen LogP) is 1.29. The van der Waals surface area contributed by atoms with Gasteiger partial charge in [0.1, 0.15) is 6.04 Å². The van der Waals surface area contributed by atoms with Crippen molar-refractivity contribution in [3.05, 3.63) is 35.9 Å². The normalized spacial score (nSPS) is 15.7. The average Bonchev–Trinajstić information content (AvgIpc) is 3.13. The van der Waals surface area contributed by atoms with Crippen LogP contribution in [0.4, 0.5) is 0 Å². The summed E-state index contributed by atoms with van der Waals surface area (Å²) in [5.74, 6) is -0.0236. The number of rotatable bonds is 4. The molecule has 0 fully saturated rings. The molecule has 3 heterocycles. The Bertz CT molecular complexity index is 587. The zero-order valence-electron chi connectivity index (χ0n) is 11.6. The maximum atomic E-state index is 12.1. The van der Waals surface area contributed by atoms with E-state index in [2.05, 4.69) is 20.2 Å². The second-order valence-corrected chi connectivity index (χ2v) is 5.18. The summed E-state index contributed by atoms with van der Waals surface area (Å²) >= 11 is 0. The van der Waals surface area contributed by atoms with Crippen molar-refractivity contribution in [2.24, 2.45) is 0 Å². The molecule has 1 N–H and O–H groups in total. The van der Waals surface area contributed by atoms with Gasteiger partial charge in [0.2, 0.25) is 5.91 Å². The van der Waals surface area contributed by atoms with Gasteiger partial charge in [-0.3, -0.25) is 14.2 Å². The minimum atomic E-state index is -0.295. The molecule has 3 rings (SSSR count). The van der Waals surface area contributed by atoms with Crippen LogP contribution >= 0.6 is 0 Å². The lowest BCUT2D eigenvalue weighted by molar-refractivity contribution is -0.124. The van der Waals surface area contributed by atoms with Crippen molar-refractivity contribution in [3.63, 3.8) is 0 Å². The van der Waals surface area contributed by atoms with Crippen LogP contribution in [0.1, 0.15) is 37.1 Å². The lowest BCUT2D eigenvalue weighted by Gasteiger charge is -2.16. The van der Waals surface area contributed by atoms with E-state index in [-0.39, 0.29) is 11.9 Å². The number of amides is 1. The minimum Gasteiger partial charge on any atom is -0.350 e. The molecular formula is C14H19N5O. The predicted molar refractivity (Wildman–Crippen MR) is 73.9 cm³/mol. The fraction of sp³-hybridized carbons (Fsp3) is 0.500. The van der Waals surface area contributed by atoms with Crippen LogP contribution in [0.15, 0.2) is 24.7 Å². The molecule has 0 aromatic carbocycles. The molecule has 1 aliphatic heterocycles. The van der Waals surface area contributed by atoms with Crippen LogP contribution in [0.25, 0.3) is 0 Å². The number of aryl methyl sites for hydroxylation is 1. The van der Waals surface area contributed by atoms with Crippen LogP contribution in [0.5, 0.6) is 0 Å². The third-order valence-corrected chi connectivity index (χ3v) is 3.82. The molecule has 0 saturated carbocycles. The Kier molecular flexibility index (Phi) is 3.54. The first-order valence-corrected chi connectivity index (χ1v) is 7.06. The second kappa shape index (κ2) is 5.48. The third kappa shape index (κ3) is 2.45. The summed E-state index contributed by atoms with van der Waals surface area (Å²) in [5, 5.41) is 11.4. The molecule has 6 heteroatoms. The Balaban J connectivity index is 1.62. The molecule has 1 atom stereocenters. The highest BCUT2D eigenvalue weighted by Gasteiger charge is 2.18. The summed E-state index contributed by atoms with van der Waals surface area (Å²) in [6, 6.07) is 1.52. The van der Waals surface area contributed by atoms with Gasteiger partial charge < -0.3 is 5.32 Å². The van der Waals surface area contributed by atoms with Crippen molar-refractivity contribution in [2.75, 3.05) is 0 Å². The molecular weight excluding hydrogens is 254 g/mol. The van der Waals surface area contributed by atoms with Crippen LogP contribution in [-0.2, 0) is 24.3 Å². The average molecular weight is 273 g/mol. The largest absolute Gasteiger partial charge is 0.350 e. The van der Waals surface area contributed by atoms with Crippen molar-refractivity contribution in [1.29, 1.82) is 0 Å². The number of fused-ring (bicyclic) bond motifs is 1. The van der Waals surface area contributed by atoms with Gasteiger partial charge in [0, 0.05) is 36.7 Å². The van der Waals surface area contributed by atoms with Crippen LogP contribution in [-0.4, -0.2) is 25.5 Å². The summed E-state index contributed by atoms with van der Waals surface area (Å²) in [6.07, 6.45) is 8.80. The van der Waals surface area contributed by atoms with Crippen LogP contribution < -0.4 is 5.32 Å². The number of aromatic nitrogens is 4. The number of carbonyl (C=O) groups excluding carboxylic acids is 1. The van der Waals surface area contributed by atoms with Gasteiger partial charge in [-0.05, 0) is 32.3 Å². The van der Waals surface area contributed by atoms with E-state index < -0.39 is 0 Å². The first kappa shape index (κ1) is 12.9. The molecule has 0 bridgehead atoms. The Labute approximate surface area is 117 Å². The summed E-state index contributed by atoms with van der Waals surface area (Å²) in [7, 11) is 0. The quantitative estimate of drug-likeness (QED) is 0.913. The Morgan fingerprint density at radius 2 is 2.35 bits per heavy atom. The van der Waals surface area contributed by atoms with E-state index in [0.29, 0.717) is 6.54 Å². The molecule has 1 aliphatic rings. The zero-order chi connectivity index (χ0) is 13.9. The minimum absolute atomic E-state index is 0.0236. The van der Waals surface area contributed by atoms with Crippen molar-refractivity contribution >= 4 is 5.91 Å². The standard InChI is InChI=1S/C14H19N5O/c1-11(18-8-4-6-16-18)14(20)15-9-12-10-17-19-7-3-2-5-13(12)19/h4,6,8,10-11H,2-3,5,7,9H2,1H3,(H,15,20). The molecule has 0 spiro atoms. The molecule has 0 aliphatic carbocycles. The fourth-order valence-corrected chi connectivity index (χ4v) is 2.59. The number of nitrogens with zero attached hydrogens (tertiary/aromatic N) is 4. The monoisotopic (exact) mass is 273 g/mol. The van der Waals surface area contributed by atoms with Gasteiger partial charge >= 0.3 is 0 Å². The van der Waals surface area contributed by atoms with E-state index in [1.54, 1.807) is 17.1 Å². The van der Waals surface area contributed by atoms with Gasteiger partial charge in [-0.25, -0.2) is 0 Å². The van der Waals surface area contributed by atoms with Gasteiger partial charge in [0.25, 0.3) is 0 Å². The number of hydrogen-bond acceptors (Lipinski definition) is 3. The lowest BCUT2D eigenvalue weighted by Crippen LogP contribution is -2.31. The molecule has 6 nitrogen and oxygen atoms in total. The van der Waals surface area contributed by atoms with Gasteiger partial charge in [0.05, 0.1) is 6.20 Å². The molecule has 1 unspecified atom stereocenters. The molecule has 2 aromatic heterocycles. The molecule has 20 heavy (non-hydrogen) atoms. The highest BCUT2D eigenvalue weighted by atomic mass is 16.2. The van der Waals surface area contributed by atoms with Crippen molar-refractivity contribution in [2.45, 2.75) is 45.3 Å². The van der Waals surface area contributed by atoms with Gasteiger partial charge in [-0.1, -0.05) is 0 Å². The molecule has 1 amide bonds. The number of carbonyl (C=O) groups is 1. The Morgan fingerprint density at radius 1 is 1.45 bits per heavy atom. The highest BCUT2D eigenvalue weighted by Crippen LogP contribution is 2.18. The van der Waals surface area contributed by atoms with Crippen LogP contribution in [0, 0.1) is 0 Å². The van der Waals surface area contributed by atoms with E-state index in [0.717, 1.165) is 18.5 Å². The lowest BCUT2D eigenvalue weighted by atomic mass is 10.1. The zero-order valence-corrected chi connectivity index (χ0v) is 11.6. The second-order valence-electron chi connectivity index (χ2n) is 5.18. The number of hydrogen-bond donors (Lipinski definition) is 1. The van der Waals surface area contributed by atoms with Crippen molar-refractivity contribution < 1.29 is 4.79 Å². The molecule has 2 aromatic rings. The summed E-state index contributed by atoms with van der Waals surface area (Å²) in [6.45, 7) is 3.38. The van der Waals surface area contributed by atoms with Crippen LogP contribution in [0.2, 0.25) is 0 Å². The maximum Gasteiger partial charge on any atom is 0.244 e. The van der Waals surface area contributed by atoms with Crippen LogP contribution in [0.3, 0.4) is 0 Å². The van der Waals surface area contributed by atoms with Gasteiger partial charge in [0.15, 0.2) is 0 Å². The first-order valence-electron chi connectivity index (χ1n) is 7.06. The first-order chi connectivity index (χ1) is 9.75.